The Bertz CT molecular complexity index is 3730. The molecule has 2 saturated carbocycles. The first-order chi connectivity index (χ1) is 38.2. The molecule has 0 saturated heterocycles. The fourth-order valence-corrected chi connectivity index (χ4v) is 12.7. The predicted molar refractivity (Wildman–Crippen MR) is 308 cm³/mol. The molecule has 4 heterocycles. The number of fused-ring (bicyclic) bond motifs is 10. The van der Waals surface area contributed by atoms with Crippen molar-refractivity contribution in [2.75, 3.05) is 62.6 Å². The molecule has 6 aromatic rings. The number of carboxylic acid groups (broad SMARTS) is 1. The number of benzene rings is 4. The van der Waals surface area contributed by atoms with E-state index < -0.39 is 38.2 Å². The predicted octanol–water partition coefficient (Wildman–Crippen LogP) is 8.13. The maximum atomic E-state index is 13.6. The van der Waals surface area contributed by atoms with E-state index in [1.807, 2.05) is 59.2 Å². The first-order valence-corrected chi connectivity index (χ1v) is 29.7. The second-order valence-electron chi connectivity index (χ2n) is 21.3. The van der Waals surface area contributed by atoms with Crippen molar-refractivity contribution < 1.29 is 55.7 Å². The van der Waals surface area contributed by atoms with Gasteiger partial charge < -0.3 is 33.7 Å². The van der Waals surface area contributed by atoms with Gasteiger partial charge in [-0.15, -0.1) is 0 Å². The minimum Gasteiger partial charge on any atom is -0.497 e. The minimum atomic E-state index is -3.98. The highest BCUT2D eigenvalue weighted by molar-refractivity contribution is 7.88. The van der Waals surface area contributed by atoms with Crippen LogP contribution in [0.4, 0.5) is 0 Å². The van der Waals surface area contributed by atoms with Crippen molar-refractivity contribution in [2.45, 2.75) is 89.1 Å². The number of ether oxygens (including phenoxy) is 2. The summed E-state index contributed by atoms with van der Waals surface area (Å²) < 4.78 is 70.5. The highest BCUT2D eigenvalue weighted by atomic mass is 32.2. The SMILES string of the molecule is COc1ccc2c(c1)C=C(C(=O)N(C)CCO)Cn1c-2c(C2CCCCC2)c2ccc(C(=O)NS(=O)(=O)N(C)C)cc21.COc1ccc2c(c1)C=C(C(=O)O)Cn1c-2c(C2CCCCC2)c2ccc(C(=O)NS(=O)(=O)N(C)C)cc21. The number of amides is 3. The number of aliphatic hydroxyl groups is 1. The Balaban J connectivity index is 0.000000195. The summed E-state index contributed by atoms with van der Waals surface area (Å²) >= 11 is 0. The number of aliphatic hydroxyl groups excluding tert-OH is 1. The second-order valence-corrected chi connectivity index (χ2v) is 25.0. The fourth-order valence-electron chi connectivity index (χ4n) is 11.7. The van der Waals surface area contributed by atoms with Gasteiger partial charge in [-0.3, -0.25) is 14.4 Å². The number of likely N-dealkylation sites (N-methyl/N-ethyl adjacent to an activating group) is 1. The van der Waals surface area contributed by atoms with Gasteiger partial charge >= 0.3 is 26.4 Å². The molecule has 0 radical (unpaired) electrons. The molecule has 2 aliphatic heterocycles. The van der Waals surface area contributed by atoms with Gasteiger partial charge in [-0.05, 0) is 133 Å². The van der Waals surface area contributed by atoms with E-state index in [0.717, 1.165) is 115 Å². The van der Waals surface area contributed by atoms with Crippen molar-refractivity contribution in [3.05, 3.63) is 117 Å². The molecule has 0 spiro atoms. The largest absolute Gasteiger partial charge is 0.497 e. The van der Waals surface area contributed by atoms with Crippen LogP contribution in [0.5, 0.6) is 11.5 Å². The number of nitrogens with one attached hydrogen (secondary N) is 2. The van der Waals surface area contributed by atoms with Gasteiger partial charge in [0.25, 0.3) is 17.7 Å². The summed E-state index contributed by atoms with van der Waals surface area (Å²) in [5.41, 5.74) is 10.3. The van der Waals surface area contributed by atoms with Crippen LogP contribution in [0.25, 0.3) is 56.5 Å². The van der Waals surface area contributed by atoms with Crippen LogP contribution in [0.2, 0.25) is 0 Å². The summed E-state index contributed by atoms with van der Waals surface area (Å²) in [5.74, 6) is -0.818. The van der Waals surface area contributed by atoms with E-state index in [0.29, 0.717) is 28.5 Å². The molecule has 2 fully saturated rings. The molecule has 0 unspecified atom stereocenters. The van der Waals surface area contributed by atoms with Crippen LogP contribution in [0, 0.1) is 0 Å². The number of rotatable bonds is 14. The highest BCUT2D eigenvalue weighted by Gasteiger charge is 2.34. The highest BCUT2D eigenvalue weighted by Crippen LogP contribution is 2.49. The molecule has 0 bridgehead atoms. The maximum absolute atomic E-state index is 13.6. The second kappa shape index (κ2) is 23.4. The quantitative estimate of drug-likeness (QED) is 0.0809. The molecule has 4 aliphatic rings. The third kappa shape index (κ3) is 11.4. The first kappa shape index (κ1) is 57.4. The van der Waals surface area contributed by atoms with E-state index in [-0.39, 0.29) is 54.8 Å². The monoisotopic (exact) mass is 1130 g/mol. The van der Waals surface area contributed by atoms with E-state index in [4.69, 9.17) is 9.47 Å². The molecule has 4 aromatic carbocycles. The van der Waals surface area contributed by atoms with E-state index in [2.05, 4.69) is 14.0 Å². The summed E-state index contributed by atoms with van der Waals surface area (Å²) in [5, 5.41) is 21.5. The molecule has 10 rings (SSSR count). The van der Waals surface area contributed by atoms with E-state index in [9.17, 15) is 46.2 Å². The Kier molecular flexibility index (Phi) is 16.8. The average molecular weight is 1130 g/mol. The minimum absolute atomic E-state index is 0.103. The van der Waals surface area contributed by atoms with Gasteiger partial charge in [0.2, 0.25) is 0 Å². The summed E-state index contributed by atoms with van der Waals surface area (Å²) in [7, 11) is 2.28. The normalized spacial score (nSPS) is 15.7. The van der Waals surface area contributed by atoms with Crippen molar-refractivity contribution in [1.29, 1.82) is 0 Å². The topological polar surface area (TPSA) is 239 Å². The number of hydrogen-bond donors (Lipinski definition) is 4. The van der Waals surface area contributed by atoms with E-state index >= 15 is 0 Å². The Morgan fingerprint density at radius 1 is 0.588 bits per heavy atom. The molecular weight excluding hydrogens is 1060 g/mol. The third-order valence-electron chi connectivity index (χ3n) is 15.8. The zero-order valence-corrected chi connectivity index (χ0v) is 47.8. The Morgan fingerprint density at radius 2 is 1.00 bits per heavy atom. The lowest BCUT2D eigenvalue weighted by Gasteiger charge is -2.24. The lowest BCUT2D eigenvalue weighted by Crippen LogP contribution is -2.39. The van der Waals surface area contributed by atoms with Gasteiger partial charge in [0.1, 0.15) is 11.5 Å². The molecule has 2 aliphatic carbocycles. The number of aliphatic carboxylic acids is 1. The van der Waals surface area contributed by atoms with Gasteiger partial charge in [0.15, 0.2) is 0 Å². The molecule has 4 N–H and O–H groups in total. The molecule has 0 atom stereocenters. The lowest BCUT2D eigenvalue weighted by molar-refractivity contribution is -0.132. The summed E-state index contributed by atoms with van der Waals surface area (Å²) in [4.78, 5) is 53.5. The molecule has 19 nitrogen and oxygen atoms in total. The van der Waals surface area contributed by atoms with Gasteiger partial charge in [-0.25, -0.2) is 14.2 Å². The molecule has 80 heavy (non-hydrogen) atoms. The summed E-state index contributed by atoms with van der Waals surface area (Å²) in [6, 6.07) is 22.0. The fraction of sp³-hybridized carbons (Fsp3) is 0.390. The smallest absolute Gasteiger partial charge is 0.333 e. The number of carboxylic acids is 1. The zero-order valence-electron chi connectivity index (χ0n) is 46.2. The van der Waals surface area contributed by atoms with E-state index in [1.165, 1.54) is 51.5 Å². The van der Waals surface area contributed by atoms with Crippen LogP contribution in [-0.2, 0) is 43.1 Å². The van der Waals surface area contributed by atoms with Crippen LogP contribution in [0.15, 0.2) is 83.9 Å². The van der Waals surface area contributed by atoms with Crippen molar-refractivity contribution in [3.63, 3.8) is 0 Å². The molecule has 2 aromatic heterocycles. The standard InChI is InChI=1S/C31H38N4O6S.C28H31N3O6S/c1-33(2)42(39,40)32-30(37)21-10-12-26-27(18-21)35-19-23(31(38)34(3)14-15-36)16-22-17-24(41-4)11-13-25(22)29(35)28(26)20-8-6-5-7-9-20;1-30(2)38(35,36)29-27(32)18-9-11-23-24(15-18)31-16-20(28(33)34)13-19-14-21(37-3)10-12-22(19)26(31)25(23)17-7-5-4-6-8-17/h10-13,16-18,20,36H,5-9,14-15,19H2,1-4H3,(H,32,37);9-15,17H,4-8,16H2,1-3H3,(H,29,32)(H,33,34). The number of carbonyl (C=O) groups excluding carboxylic acids is 3. The number of carbonyl (C=O) groups is 4. The Hall–Kier alpha value is -7.30. The zero-order chi connectivity index (χ0) is 57.4. The third-order valence-corrected chi connectivity index (χ3v) is 18.6. The van der Waals surface area contributed by atoms with Crippen molar-refractivity contribution >= 4 is 78.1 Å². The van der Waals surface area contributed by atoms with Crippen LogP contribution >= 0.6 is 0 Å². The van der Waals surface area contributed by atoms with Crippen molar-refractivity contribution in [3.8, 4) is 34.0 Å². The van der Waals surface area contributed by atoms with Crippen LogP contribution in [0.1, 0.15) is 119 Å². The van der Waals surface area contributed by atoms with Crippen LogP contribution < -0.4 is 18.9 Å². The van der Waals surface area contributed by atoms with E-state index in [1.54, 1.807) is 51.6 Å². The number of methoxy groups -OCH3 is 2. The molecule has 424 valence electrons. The van der Waals surface area contributed by atoms with Crippen molar-refractivity contribution in [1.82, 2.24) is 32.1 Å². The molecule has 3 amide bonds. The van der Waals surface area contributed by atoms with Gasteiger partial charge in [0, 0.05) is 91.4 Å². The number of hydrogen-bond acceptors (Lipinski definition) is 11. The molecule has 21 heteroatoms. The maximum Gasteiger partial charge on any atom is 0.333 e. The first-order valence-electron chi connectivity index (χ1n) is 26.8. The summed E-state index contributed by atoms with van der Waals surface area (Å²) in [6.45, 7) is 0.382. The van der Waals surface area contributed by atoms with Gasteiger partial charge in [-0.1, -0.05) is 50.7 Å². The average Bonchev–Trinajstić information content (AvgIpc) is 3.81. The number of aromatic nitrogens is 2. The van der Waals surface area contributed by atoms with Gasteiger partial charge in [0.05, 0.1) is 50.9 Å². The lowest BCUT2D eigenvalue weighted by atomic mass is 9.81. The van der Waals surface area contributed by atoms with Gasteiger partial charge in [-0.2, -0.15) is 25.4 Å². The Labute approximate surface area is 466 Å². The number of nitrogens with zero attached hydrogens (tertiary/aromatic N) is 5. The molecular formula is C59H69N7O12S2. The Morgan fingerprint density at radius 3 is 1.39 bits per heavy atom. The van der Waals surface area contributed by atoms with Crippen molar-refractivity contribution in [2.24, 2.45) is 0 Å². The van der Waals surface area contributed by atoms with Crippen LogP contribution in [-0.4, -0.2) is 136 Å². The summed E-state index contributed by atoms with van der Waals surface area (Å²) in [6.07, 6.45) is 14.6. The van der Waals surface area contributed by atoms with Crippen LogP contribution in [0.3, 0.4) is 0 Å².